The molecule has 10 heteroatoms. The Labute approximate surface area is 202 Å². The van der Waals surface area contributed by atoms with Gasteiger partial charge in [-0.3, -0.25) is 9.59 Å². The van der Waals surface area contributed by atoms with Crippen LogP contribution in [-0.2, 0) is 4.79 Å². The number of amides is 2. The lowest BCUT2D eigenvalue weighted by atomic mass is 9.97. The lowest BCUT2D eigenvalue weighted by Crippen LogP contribution is -2.38. The van der Waals surface area contributed by atoms with E-state index in [-0.39, 0.29) is 12.7 Å². The molecule has 2 aliphatic heterocycles. The first-order valence-corrected chi connectivity index (χ1v) is 12.1. The minimum Gasteiger partial charge on any atom is -0.492 e. The van der Waals surface area contributed by atoms with E-state index >= 15 is 0 Å². The summed E-state index contributed by atoms with van der Waals surface area (Å²) in [5.74, 6) is 2.63. The van der Waals surface area contributed by atoms with Crippen molar-refractivity contribution in [3.63, 3.8) is 0 Å². The van der Waals surface area contributed by atoms with Gasteiger partial charge in [-0.2, -0.15) is 0 Å². The maximum atomic E-state index is 13.0. The topological polar surface area (TPSA) is 119 Å². The number of carbonyl (C=O) groups is 2. The van der Waals surface area contributed by atoms with Gasteiger partial charge >= 0.3 is 0 Å². The largest absolute Gasteiger partial charge is 0.492 e. The van der Waals surface area contributed by atoms with Crippen molar-refractivity contribution in [3.8, 4) is 28.5 Å². The Kier molecular flexibility index (Phi) is 5.63. The van der Waals surface area contributed by atoms with Gasteiger partial charge in [0.1, 0.15) is 23.3 Å². The molecule has 0 spiro atoms. The number of likely N-dealkylation sites (tertiary alicyclic amines) is 1. The molecule has 182 valence electrons. The molecular weight excluding hydrogens is 450 g/mol. The quantitative estimate of drug-likeness (QED) is 0.479. The number of ether oxygens (including phenoxy) is 3. The second kappa shape index (κ2) is 9.09. The van der Waals surface area contributed by atoms with E-state index in [9.17, 15) is 9.59 Å². The summed E-state index contributed by atoms with van der Waals surface area (Å²) in [6.45, 7) is 2.79. The molecule has 2 N–H and O–H groups in total. The number of H-pyrrole nitrogens is 1. The molecule has 0 radical (unpaired) electrons. The van der Waals surface area contributed by atoms with Crippen LogP contribution in [0.5, 0.6) is 17.2 Å². The van der Waals surface area contributed by atoms with Crippen LogP contribution in [0.4, 0.5) is 0 Å². The Bertz CT molecular complexity index is 1260. The third-order valence-corrected chi connectivity index (χ3v) is 6.97. The van der Waals surface area contributed by atoms with E-state index in [2.05, 4.69) is 20.3 Å². The summed E-state index contributed by atoms with van der Waals surface area (Å²) in [5, 5.41) is 3.04. The zero-order valence-electron chi connectivity index (χ0n) is 19.3. The van der Waals surface area contributed by atoms with Crippen molar-refractivity contribution >= 4 is 23.4 Å². The Morgan fingerprint density at radius 1 is 1.17 bits per heavy atom. The van der Waals surface area contributed by atoms with Gasteiger partial charge in [-0.25, -0.2) is 9.97 Å². The Balaban J connectivity index is 1.27. The van der Waals surface area contributed by atoms with Crippen LogP contribution in [-0.4, -0.2) is 65.2 Å². The van der Waals surface area contributed by atoms with Crippen LogP contribution >= 0.6 is 0 Å². The fraction of sp³-hybridized carbons (Fsp3) is 0.440. The number of nitrogens with zero attached hydrogens (tertiary/aromatic N) is 3. The van der Waals surface area contributed by atoms with Crippen LogP contribution in [0.15, 0.2) is 24.7 Å². The number of hydrogen-bond acceptors (Lipinski definition) is 7. The summed E-state index contributed by atoms with van der Waals surface area (Å²) >= 11 is 0. The van der Waals surface area contributed by atoms with Gasteiger partial charge in [-0.15, -0.1) is 0 Å². The molecule has 6 rings (SSSR count). The van der Waals surface area contributed by atoms with Gasteiger partial charge in [0, 0.05) is 25.8 Å². The molecule has 10 nitrogen and oxygen atoms in total. The van der Waals surface area contributed by atoms with Crippen LogP contribution in [0.3, 0.4) is 0 Å². The lowest BCUT2D eigenvalue weighted by Gasteiger charge is -2.29. The Morgan fingerprint density at radius 3 is 2.83 bits per heavy atom. The van der Waals surface area contributed by atoms with Crippen LogP contribution in [0.2, 0.25) is 0 Å². The predicted molar refractivity (Wildman–Crippen MR) is 126 cm³/mol. The Morgan fingerprint density at radius 2 is 2.03 bits per heavy atom. The third kappa shape index (κ3) is 4.24. The summed E-state index contributed by atoms with van der Waals surface area (Å²) in [7, 11) is 0. The average Bonchev–Trinajstić information content (AvgIpc) is 3.42. The molecule has 1 saturated heterocycles. The van der Waals surface area contributed by atoms with E-state index in [1.54, 1.807) is 11.1 Å². The maximum Gasteiger partial charge on any atom is 0.255 e. The number of nitrogens with one attached hydrogen (secondary N) is 2. The highest BCUT2D eigenvalue weighted by atomic mass is 16.7. The van der Waals surface area contributed by atoms with Crippen molar-refractivity contribution in [1.82, 2.24) is 25.2 Å². The minimum atomic E-state index is -0.193. The van der Waals surface area contributed by atoms with E-state index in [0.717, 1.165) is 32.3 Å². The molecular formula is C25H27N5O5. The van der Waals surface area contributed by atoms with Crippen molar-refractivity contribution in [2.24, 2.45) is 11.8 Å². The normalized spacial score (nSPS) is 17.5. The highest BCUT2D eigenvalue weighted by Gasteiger charge is 2.29. The van der Waals surface area contributed by atoms with Crippen molar-refractivity contribution in [2.75, 3.05) is 33.0 Å². The number of piperidine rings is 1. The zero-order valence-corrected chi connectivity index (χ0v) is 19.3. The molecule has 0 bridgehead atoms. The average molecular weight is 478 g/mol. The number of aromatic nitrogens is 3. The molecule has 3 aliphatic rings. The molecule has 1 aliphatic carbocycles. The fourth-order valence-corrected chi connectivity index (χ4v) is 4.69. The van der Waals surface area contributed by atoms with Crippen LogP contribution in [0.25, 0.3) is 22.3 Å². The monoisotopic (exact) mass is 477 g/mol. The van der Waals surface area contributed by atoms with E-state index in [4.69, 9.17) is 14.2 Å². The minimum absolute atomic E-state index is 0.132. The highest BCUT2D eigenvalue weighted by molar-refractivity contribution is 6.08. The van der Waals surface area contributed by atoms with E-state index in [1.807, 2.05) is 12.1 Å². The first kappa shape index (κ1) is 21.7. The number of rotatable bonds is 8. The summed E-state index contributed by atoms with van der Waals surface area (Å²) in [6.07, 6.45) is 8.13. The lowest BCUT2D eigenvalue weighted by molar-refractivity contribution is -0.119. The van der Waals surface area contributed by atoms with Crippen molar-refractivity contribution in [3.05, 3.63) is 30.2 Å². The van der Waals surface area contributed by atoms with E-state index < -0.39 is 0 Å². The number of aromatic amines is 1. The predicted octanol–water partition coefficient (Wildman–Crippen LogP) is 2.74. The first-order chi connectivity index (χ1) is 17.2. The Hall–Kier alpha value is -3.82. The van der Waals surface area contributed by atoms with E-state index in [1.165, 1.54) is 19.2 Å². The molecule has 3 aromatic rings. The van der Waals surface area contributed by atoms with Gasteiger partial charge in [-0.1, -0.05) is 0 Å². The first-order valence-electron chi connectivity index (χ1n) is 12.1. The molecule has 2 aromatic heterocycles. The molecule has 2 amide bonds. The molecule has 1 aromatic carbocycles. The summed E-state index contributed by atoms with van der Waals surface area (Å²) < 4.78 is 17.5. The third-order valence-electron chi connectivity index (χ3n) is 6.97. The molecule has 1 saturated carbocycles. The van der Waals surface area contributed by atoms with Crippen LogP contribution in [0.1, 0.15) is 36.0 Å². The number of carbonyl (C=O) groups excluding carboxylic acids is 2. The van der Waals surface area contributed by atoms with Crippen molar-refractivity contribution in [2.45, 2.75) is 25.7 Å². The number of hydrogen-bond donors (Lipinski definition) is 2. The second-order valence-electron chi connectivity index (χ2n) is 9.37. The summed E-state index contributed by atoms with van der Waals surface area (Å²) in [4.78, 5) is 37.9. The van der Waals surface area contributed by atoms with Gasteiger partial charge in [0.05, 0.1) is 23.3 Å². The molecule has 2 fully saturated rings. The van der Waals surface area contributed by atoms with Crippen molar-refractivity contribution in [1.29, 1.82) is 0 Å². The van der Waals surface area contributed by atoms with Gasteiger partial charge in [0.15, 0.2) is 11.5 Å². The molecule has 0 unspecified atom stereocenters. The van der Waals surface area contributed by atoms with Crippen LogP contribution in [0, 0.1) is 11.8 Å². The van der Waals surface area contributed by atoms with Gasteiger partial charge < -0.3 is 29.4 Å². The van der Waals surface area contributed by atoms with Gasteiger partial charge in [0.25, 0.3) is 5.91 Å². The molecule has 35 heavy (non-hydrogen) atoms. The standard InChI is InChI=1S/C25H27N5O5/c31-13-30-7-5-15(6-8-30)9-27-25(32)17-10-26-23-21(17)28-12-29-22(23)20-18(33-11-16-1-2-16)3-4-19-24(20)35-14-34-19/h3-4,10,12-13,15-16,26H,1-2,5-9,11,14H2,(H,27,32). The van der Waals surface area contributed by atoms with Gasteiger partial charge in [0.2, 0.25) is 13.2 Å². The summed E-state index contributed by atoms with van der Waals surface area (Å²) in [6, 6.07) is 3.73. The smallest absolute Gasteiger partial charge is 0.255 e. The van der Waals surface area contributed by atoms with Gasteiger partial charge in [-0.05, 0) is 49.7 Å². The number of benzene rings is 1. The maximum absolute atomic E-state index is 13.0. The molecule has 4 heterocycles. The summed E-state index contributed by atoms with van der Waals surface area (Å²) in [5.41, 5.74) is 2.93. The zero-order chi connectivity index (χ0) is 23.8. The second-order valence-corrected chi connectivity index (χ2v) is 9.37. The number of fused-ring (bicyclic) bond motifs is 2. The highest BCUT2D eigenvalue weighted by Crippen LogP contribution is 2.48. The SMILES string of the molecule is O=CN1CCC(CNC(=O)c2c[nH]c3c(-c4c(OCC5CC5)ccc5c4OCO5)ncnc23)CC1. The van der Waals surface area contributed by atoms with E-state index in [0.29, 0.717) is 70.1 Å². The van der Waals surface area contributed by atoms with Crippen molar-refractivity contribution < 1.29 is 23.8 Å². The fourth-order valence-electron chi connectivity index (χ4n) is 4.69. The van der Waals surface area contributed by atoms with Crippen LogP contribution < -0.4 is 19.5 Å². The molecule has 0 atom stereocenters.